The Labute approximate surface area is 114 Å². The molecule has 1 fully saturated rings. The molecule has 1 saturated carbocycles. The third-order valence-corrected chi connectivity index (χ3v) is 4.68. The summed E-state index contributed by atoms with van der Waals surface area (Å²) in [6.45, 7) is 4.14. The number of hydrogen-bond acceptors (Lipinski definition) is 2. The van der Waals surface area contributed by atoms with E-state index < -0.39 is 12.2 Å². The first-order chi connectivity index (χ1) is 8.00. The van der Waals surface area contributed by atoms with Gasteiger partial charge in [-0.3, -0.25) is 0 Å². The van der Waals surface area contributed by atoms with Crippen LogP contribution in [-0.2, 0) is 0 Å². The van der Waals surface area contributed by atoms with E-state index in [1.165, 1.54) is 32.1 Å². The summed E-state index contributed by atoms with van der Waals surface area (Å²) in [5.41, 5.74) is 0. The van der Waals surface area contributed by atoms with Gasteiger partial charge in [0, 0.05) is 4.83 Å². The zero-order valence-electron chi connectivity index (χ0n) is 11.1. The van der Waals surface area contributed by atoms with E-state index in [0.717, 1.165) is 12.3 Å². The van der Waals surface area contributed by atoms with Gasteiger partial charge >= 0.3 is 0 Å². The summed E-state index contributed by atoms with van der Waals surface area (Å²) in [6, 6.07) is 0. The Bertz CT molecular complexity index is 202. The van der Waals surface area contributed by atoms with Crippen molar-refractivity contribution < 1.29 is 10.2 Å². The molecule has 0 amide bonds. The van der Waals surface area contributed by atoms with E-state index in [9.17, 15) is 10.2 Å². The van der Waals surface area contributed by atoms with Crippen LogP contribution in [0.25, 0.3) is 0 Å². The van der Waals surface area contributed by atoms with Gasteiger partial charge in [0.15, 0.2) is 0 Å². The highest BCUT2D eigenvalue weighted by Crippen LogP contribution is 2.31. The molecular weight excluding hydrogens is 280 g/mol. The smallest absolute Gasteiger partial charge is 0.0923 e. The molecule has 0 aromatic rings. The number of aliphatic hydroxyl groups is 2. The van der Waals surface area contributed by atoms with Crippen LogP contribution in [0.1, 0.15) is 58.8 Å². The quantitative estimate of drug-likeness (QED) is 0.738. The van der Waals surface area contributed by atoms with Crippen molar-refractivity contribution in [2.75, 3.05) is 0 Å². The van der Waals surface area contributed by atoms with Gasteiger partial charge in [-0.1, -0.05) is 61.9 Å². The van der Waals surface area contributed by atoms with Crippen molar-refractivity contribution >= 4 is 15.9 Å². The van der Waals surface area contributed by atoms with Gasteiger partial charge in [-0.25, -0.2) is 0 Å². The maximum Gasteiger partial charge on any atom is 0.0923 e. The van der Waals surface area contributed by atoms with Gasteiger partial charge in [0.05, 0.1) is 12.2 Å². The molecule has 0 aliphatic heterocycles. The van der Waals surface area contributed by atoms with E-state index in [4.69, 9.17) is 0 Å². The van der Waals surface area contributed by atoms with Crippen molar-refractivity contribution in [2.45, 2.75) is 75.8 Å². The van der Waals surface area contributed by atoms with Crippen LogP contribution in [0.4, 0.5) is 0 Å². The average Bonchev–Trinajstić information content (AvgIpc) is 2.28. The lowest BCUT2D eigenvalue weighted by atomic mass is 9.84. The van der Waals surface area contributed by atoms with Crippen LogP contribution in [0.15, 0.2) is 0 Å². The lowest BCUT2D eigenvalue weighted by Crippen LogP contribution is -2.36. The number of alkyl halides is 1. The topological polar surface area (TPSA) is 40.5 Å². The van der Waals surface area contributed by atoms with E-state index in [-0.39, 0.29) is 4.83 Å². The molecule has 1 rings (SSSR count). The molecule has 3 atom stereocenters. The van der Waals surface area contributed by atoms with Crippen LogP contribution in [0, 0.1) is 11.8 Å². The van der Waals surface area contributed by atoms with Gasteiger partial charge in [0.2, 0.25) is 0 Å². The summed E-state index contributed by atoms with van der Waals surface area (Å²) in [7, 11) is 0. The third kappa shape index (κ3) is 5.71. The van der Waals surface area contributed by atoms with Gasteiger partial charge in [-0.05, 0) is 24.7 Å². The molecular formula is C14H27BrO2. The van der Waals surface area contributed by atoms with Crippen molar-refractivity contribution in [3.05, 3.63) is 0 Å². The summed E-state index contributed by atoms with van der Waals surface area (Å²) >= 11 is 3.56. The summed E-state index contributed by atoms with van der Waals surface area (Å²) in [5, 5.41) is 20.0. The minimum atomic E-state index is -0.626. The molecule has 102 valence electrons. The fraction of sp³-hybridized carbons (Fsp3) is 1.00. The fourth-order valence-electron chi connectivity index (χ4n) is 2.74. The molecule has 2 N–H and O–H groups in total. The van der Waals surface area contributed by atoms with Gasteiger partial charge in [0.1, 0.15) is 0 Å². The van der Waals surface area contributed by atoms with E-state index in [2.05, 4.69) is 29.8 Å². The molecule has 1 aliphatic rings. The molecule has 3 heteroatoms. The van der Waals surface area contributed by atoms with Crippen molar-refractivity contribution in [2.24, 2.45) is 11.8 Å². The number of rotatable bonds is 6. The zero-order valence-corrected chi connectivity index (χ0v) is 12.7. The molecule has 0 unspecified atom stereocenters. The predicted molar refractivity (Wildman–Crippen MR) is 75.4 cm³/mol. The standard InChI is InChI=1S/C14H27BrO2/c1-10(2)8-13(16)14(17)12(15)9-11-6-4-3-5-7-11/h10-14,16-17H,3-9H2,1-2H3/t12-,13+,14-/m1/s1. The van der Waals surface area contributed by atoms with E-state index in [1.807, 2.05) is 0 Å². The Balaban J connectivity index is 2.31. The Kier molecular flexibility index (Phi) is 7.05. The molecule has 0 radical (unpaired) electrons. The second-order valence-electron chi connectivity index (χ2n) is 5.94. The second-order valence-corrected chi connectivity index (χ2v) is 7.12. The van der Waals surface area contributed by atoms with Crippen molar-refractivity contribution in [1.82, 2.24) is 0 Å². The first-order valence-electron chi connectivity index (χ1n) is 7.01. The molecule has 0 spiro atoms. The average molecular weight is 307 g/mol. The van der Waals surface area contributed by atoms with Crippen molar-refractivity contribution in [3.63, 3.8) is 0 Å². The summed E-state index contributed by atoms with van der Waals surface area (Å²) < 4.78 is 0. The maximum absolute atomic E-state index is 10.1. The molecule has 0 aromatic carbocycles. The molecule has 2 nitrogen and oxygen atoms in total. The van der Waals surface area contributed by atoms with E-state index in [0.29, 0.717) is 12.3 Å². The summed E-state index contributed by atoms with van der Waals surface area (Å²) in [5.74, 6) is 1.16. The van der Waals surface area contributed by atoms with Crippen LogP contribution < -0.4 is 0 Å². The first kappa shape index (κ1) is 15.5. The van der Waals surface area contributed by atoms with E-state index in [1.54, 1.807) is 0 Å². The monoisotopic (exact) mass is 306 g/mol. The highest BCUT2D eigenvalue weighted by Gasteiger charge is 2.27. The SMILES string of the molecule is CC(C)C[C@H](O)[C@H](O)[C@H](Br)CC1CCCCC1. The van der Waals surface area contributed by atoms with Gasteiger partial charge < -0.3 is 10.2 Å². The lowest BCUT2D eigenvalue weighted by molar-refractivity contribution is 0.00405. The van der Waals surface area contributed by atoms with Crippen LogP contribution in [0.3, 0.4) is 0 Å². The molecule has 0 aromatic heterocycles. The second kappa shape index (κ2) is 7.75. The molecule has 17 heavy (non-hydrogen) atoms. The lowest BCUT2D eigenvalue weighted by Gasteiger charge is -2.28. The highest BCUT2D eigenvalue weighted by molar-refractivity contribution is 9.09. The normalized spacial score (nSPS) is 23.6. The largest absolute Gasteiger partial charge is 0.390 e. The molecule has 0 bridgehead atoms. The minimum Gasteiger partial charge on any atom is -0.390 e. The van der Waals surface area contributed by atoms with Crippen LogP contribution >= 0.6 is 15.9 Å². The molecule has 0 heterocycles. The Morgan fingerprint density at radius 3 is 2.24 bits per heavy atom. The number of aliphatic hydroxyl groups excluding tert-OH is 2. The zero-order chi connectivity index (χ0) is 12.8. The van der Waals surface area contributed by atoms with E-state index >= 15 is 0 Å². The first-order valence-corrected chi connectivity index (χ1v) is 7.92. The van der Waals surface area contributed by atoms with Crippen LogP contribution in [0.5, 0.6) is 0 Å². The minimum absolute atomic E-state index is 0.0411. The third-order valence-electron chi connectivity index (χ3n) is 3.76. The molecule has 0 saturated heterocycles. The fourth-order valence-corrected chi connectivity index (χ4v) is 3.63. The van der Waals surface area contributed by atoms with Crippen LogP contribution in [-0.4, -0.2) is 27.2 Å². The maximum atomic E-state index is 10.1. The molecule has 1 aliphatic carbocycles. The van der Waals surface area contributed by atoms with Gasteiger partial charge in [-0.2, -0.15) is 0 Å². The highest BCUT2D eigenvalue weighted by atomic mass is 79.9. The Morgan fingerprint density at radius 2 is 1.71 bits per heavy atom. The Morgan fingerprint density at radius 1 is 1.12 bits per heavy atom. The van der Waals surface area contributed by atoms with Gasteiger partial charge in [0.25, 0.3) is 0 Å². The van der Waals surface area contributed by atoms with Gasteiger partial charge in [-0.15, -0.1) is 0 Å². The van der Waals surface area contributed by atoms with Crippen molar-refractivity contribution in [1.29, 1.82) is 0 Å². The summed E-state index contributed by atoms with van der Waals surface area (Å²) in [6.07, 6.45) is 7.04. The number of halogens is 1. The number of hydrogen-bond donors (Lipinski definition) is 2. The van der Waals surface area contributed by atoms with Crippen molar-refractivity contribution in [3.8, 4) is 0 Å². The Hall–Kier alpha value is 0.400. The predicted octanol–water partition coefficient (Wildman–Crippen LogP) is 3.49. The summed E-state index contributed by atoms with van der Waals surface area (Å²) in [4.78, 5) is 0.0411. The van der Waals surface area contributed by atoms with Crippen LogP contribution in [0.2, 0.25) is 0 Å².